The van der Waals surface area contributed by atoms with Crippen molar-refractivity contribution in [2.45, 2.75) is 39.0 Å². The summed E-state index contributed by atoms with van der Waals surface area (Å²) in [4.78, 5) is 21.0. The van der Waals surface area contributed by atoms with Gasteiger partial charge in [0, 0.05) is 11.8 Å². The number of amides is 1. The summed E-state index contributed by atoms with van der Waals surface area (Å²) in [6.07, 6.45) is 2.13. The standard InChI is InChI=1S/C17H19N3OS2/c1-11(2)13-10-22-17(19-13)20-15(21)8-5-9-16-18-12-6-3-4-7-14(12)23-16/h3-4,6-7,10-11H,5,8-9H2,1-2H3,(H,19,20,21). The van der Waals surface area contributed by atoms with Crippen molar-refractivity contribution in [2.75, 3.05) is 5.32 Å². The highest BCUT2D eigenvalue weighted by Gasteiger charge is 2.09. The van der Waals surface area contributed by atoms with Crippen LogP contribution in [0.1, 0.15) is 43.3 Å². The van der Waals surface area contributed by atoms with E-state index in [1.807, 2.05) is 23.6 Å². The third-order valence-electron chi connectivity index (χ3n) is 3.49. The lowest BCUT2D eigenvalue weighted by molar-refractivity contribution is -0.116. The monoisotopic (exact) mass is 345 g/mol. The van der Waals surface area contributed by atoms with E-state index in [2.05, 4.69) is 35.2 Å². The zero-order chi connectivity index (χ0) is 16.2. The molecule has 2 heterocycles. The Kier molecular flexibility index (Phi) is 5.03. The molecule has 0 fully saturated rings. The van der Waals surface area contributed by atoms with Crippen molar-refractivity contribution >= 4 is 43.9 Å². The normalized spacial score (nSPS) is 11.3. The maximum absolute atomic E-state index is 12.0. The van der Waals surface area contributed by atoms with Gasteiger partial charge in [0.1, 0.15) is 0 Å². The summed E-state index contributed by atoms with van der Waals surface area (Å²) in [6.45, 7) is 4.19. The minimum absolute atomic E-state index is 0.0239. The fourth-order valence-electron chi connectivity index (χ4n) is 2.22. The molecule has 4 nitrogen and oxygen atoms in total. The summed E-state index contributed by atoms with van der Waals surface area (Å²) in [7, 11) is 0. The summed E-state index contributed by atoms with van der Waals surface area (Å²) in [5, 5.41) is 6.67. The van der Waals surface area contributed by atoms with Crippen LogP contribution in [0.15, 0.2) is 29.6 Å². The summed E-state index contributed by atoms with van der Waals surface area (Å²) in [6, 6.07) is 8.13. The molecule has 0 atom stereocenters. The Morgan fingerprint density at radius 2 is 2.09 bits per heavy atom. The summed E-state index contributed by atoms with van der Waals surface area (Å²) >= 11 is 3.19. The van der Waals surface area contributed by atoms with Crippen LogP contribution in [0.4, 0.5) is 5.13 Å². The highest BCUT2D eigenvalue weighted by atomic mass is 32.1. The van der Waals surface area contributed by atoms with E-state index in [0.29, 0.717) is 17.5 Å². The van der Waals surface area contributed by atoms with Crippen molar-refractivity contribution in [3.63, 3.8) is 0 Å². The second-order valence-corrected chi connectivity index (χ2v) is 7.68. The second-order valence-electron chi connectivity index (χ2n) is 5.71. The zero-order valence-electron chi connectivity index (χ0n) is 13.2. The van der Waals surface area contributed by atoms with Gasteiger partial charge in [0.15, 0.2) is 5.13 Å². The molecule has 3 rings (SSSR count). The van der Waals surface area contributed by atoms with E-state index in [-0.39, 0.29) is 5.91 Å². The molecule has 6 heteroatoms. The Hall–Kier alpha value is -1.79. The van der Waals surface area contributed by atoms with Crippen LogP contribution in [0, 0.1) is 0 Å². The average Bonchev–Trinajstić information content (AvgIpc) is 3.13. The van der Waals surface area contributed by atoms with Gasteiger partial charge in [0.25, 0.3) is 0 Å². The van der Waals surface area contributed by atoms with Crippen molar-refractivity contribution in [2.24, 2.45) is 0 Å². The van der Waals surface area contributed by atoms with Crippen molar-refractivity contribution < 1.29 is 4.79 Å². The number of nitrogens with one attached hydrogen (secondary N) is 1. The van der Waals surface area contributed by atoms with Gasteiger partial charge in [-0.05, 0) is 30.9 Å². The number of anilines is 1. The summed E-state index contributed by atoms with van der Waals surface area (Å²) in [5.41, 5.74) is 2.07. The molecule has 0 aliphatic rings. The van der Waals surface area contributed by atoms with Gasteiger partial charge in [-0.1, -0.05) is 26.0 Å². The first-order valence-electron chi connectivity index (χ1n) is 7.71. The largest absolute Gasteiger partial charge is 0.302 e. The molecule has 1 N–H and O–H groups in total. The topological polar surface area (TPSA) is 54.9 Å². The Morgan fingerprint density at radius 3 is 2.83 bits per heavy atom. The summed E-state index contributed by atoms with van der Waals surface area (Å²) < 4.78 is 1.20. The van der Waals surface area contributed by atoms with E-state index in [9.17, 15) is 4.79 Å². The summed E-state index contributed by atoms with van der Waals surface area (Å²) in [5.74, 6) is 0.409. The molecule has 0 radical (unpaired) electrons. The van der Waals surface area contributed by atoms with Crippen LogP contribution in [0.25, 0.3) is 10.2 Å². The molecular weight excluding hydrogens is 326 g/mol. The van der Waals surface area contributed by atoms with Crippen molar-refractivity contribution in [3.8, 4) is 0 Å². The van der Waals surface area contributed by atoms with E-state index >= 15 is 0 Å². The van der Waals surface area contributed by atoms with E-state index in [0.717, 1.165) is 29.1 Å². The predicted octanol–water partition coefficient (Wildman–Crippen LogP) is 4.84. The maximum atomic E-state index is 12.0. The molecule has 0 bridgehead atoms. The number of benzene rings is 1. The third-order valence-corrected chi connectivity index (χ3v) is 5.36. The first kappa shape index (κ1) is 16.1. The quantitative estimate of drug-likeness (QED) is 0.695. The Labute approximate surface area is 143 Å². The van der Waals surface area contributed by atoms with E-state index in [1.165, 1.54) is 16.0 Å². The maximum Gasteiger partial charge on any atom is 0.226 e. The van der Waals surface area contributed by atoms with Crippen LogP contribution in [-0.2, 0) is 11.2 Å². The molecule has 120 valence electrons. The molecular formula is C17H19N3OS2. The molecule has 0 saturated heterocycles. The van der Waals surface area contributed by atoms with Crippen LogP contribution in [0.2, 0.25) is 0 Å². The van der Waals surface area contributed by atoms with Crippen LogP contribution < -0.4 is 5.32 Å². The van der Waals surface area contributed by atoms with E-state index in [4.69, 9.17) is 0 Å². The van der Waals surface area contributed by atoms with Gasteiger partial charge in [-0.25, -0.2) is 9.97 Å². The Balaban J connectivity index is 1.48. The van der Waals surface area contributed by atoms with Crippen molar-refractivity contribution in [1.29, 1.82) is 0 Å². The lowest BCUT2D eigenvalue weighted by Crippen LogP contribution is -2.11. The van der Waals surface area contributed by atoms with Crippen molar-refractivity contribution in [1.82, 2.24) is 9.97 Å². The number of fused-ring (bicyclic) bond motifs is 1. The highest BCUT2D eigenvalue weighted by molar-refractivity contribution is 7.18. The van der Waals surface area contributed by atoms with Gasteiger partial charge in [-0.2, -0.15) is 0 Å². The van der Waals surface area contributed by atoms with Gasteiger partial charge in [-0.3, -0.25) is 4.79 Å². The molecule has 1 amide bonds. The molecule has 0 saturated carbocycles. The average molecular weight is 345 g/mol. The number of carbonyl (C=O) groups is 1. The smallest absolute Gasteiger partial charge is 0.226 e. The van der Waals surface area contributed by atoms with E-state index in [1.54, 1.807) is 11.3 Å². The SMILES string of the molecule is CC(C)c1csc(NC(=O)CCCc2nc3ccccc3s2)n1. The van der Waals surface area contributed by atoms with Crippen LogP contribution in [0.3, 0.4) is 0 Å². The molecule has 3 aromatic rings. The fourth-order valence-corrected chi connectivity index (χ4v) is 4.11. The zero-order valence-corrected chi connectivity index (χ0v) is 14.8. The third kappa shape index (κ3) is 4.14. The molecule has 2 aromatic heterocycles. The molecule has 23 heavy (non-hydrogen) atoms. The molecule has 0 aliphatic heterocycles. The lowest BCUT2D eigenvalue weighted by Gasteiger charge is -2.01. The molecule has 0 spiro atoms. The number of para-hydroxylation sites is 1. The lowest BCUT2D eigenvalue weighted by atomic mass is 10.2. The Bertz CT molecular complexity index is 774. The second kappa shape index (κ2) is 7.19. The van der Waals surface area contributed by atoms with Gasteiger partial charge in [-0.15, -0.1) is 22.7 Å². The first-order chi connectivity index (χ1) is 11.1. The number of nitrogens with zero attached hydrogens (tertiary/aromatic N) is 2. The Morgan fingerprint density at radius 1 is 1.26 bits per heavy atom. The number of hydrogen-bond acceptors (Lipinski definition) is 5. The van der Waals surface area contributed by atoms with Gasteiger partial charge in [0.05, 0.1) is 20.9 Å². The van der Waals surface area contributed by atoms with Gasteiger partial charge >= 0.3 is 0 Å². The first-order valence-corrected chi connectivity index (χ1v) is 9.41. The van der Waals surface area contributed by atoms with Gasteiger partial charge in [0.2, 0.25) is 5.91 Å². The minimum Gasteiger partial charge on any atom is -0.302 e. The van der Waals surface area contributed by atoms with E-state index < -0.39 is 0 Å². The predicted molar refractivity (Wildman–Crippen MR) is 97.4 cm³/mol. The van der Waals surface area contributed by atoms with Crippen LogP contribution in [-0.4, -0.2) is 15.9 Å². The number of thiazole rings is 2. The van der Waals surface area contributed by atoms with Crippen molar-refractivity contribution in [3.05, 3.63) is 40.3 Å². The van der Waals surface area contributed by atoms with Crippen LogP contribution >= 0.6 is 22.7 Å². The van der Waals surface area contributed by atoms with Gasteiger partial charge < -0.3 is 5.32 Å². The molecule has 1 aromatic carbocycles. The number of aromatic nitrogens is 2. The highest BCUT2D eigenvalue weighted by Crippen LogP contribution is 2.23. The minimum atomic E-state index is 0.0239. The number of aryl methyl sites for hydroxylation is 1. The number of carbonyl (C=O) groups excluding carboxylic acids is 1. The molecule has 0 unspecified atom stereocenters. The molecule has 0 aliphatic carbocycles. The number of hydrogen-bond donors (Lipinski definition) is 1. The fraction of sp³-hybridized carbons (Fsp3) is 0.353. The number of rotatable bonds is 6. The van der Waals surface area contributed by atoms with Crippen LogP contribution in [0.5, 0.6) is 0 Å².